The predicted octanol–water partition coefficient (Wildman–Crippen LogP) is 4.10. The summed E-state index contributed by atoms with van der Waals surface area (Å²) in [4.78, 5) is 21.4. The highest BCUT2D eigenvalue weighted by atomic mass is 79.9. The summed E-state index contributed by atoms with van der Waals surface area (Å²) in [5.74, 6) is -0.211. The number of esters is 1. The summed E-state index contributed by atoms with van der Waals surface area (Å²) in [6.45, 7) is 0. The number of carbonyl (C=O) groups is 1. The third-order valence-electron chi connectivity index (χ3n) is 2.72. The molecule has 5 nitrogen and oxygen atoms in total. The number of halogens is 1. The Hall–Kier alpha value is -1.69. The van der Waals surface area contributed by atoms with Crippen LogP contribution in [0, 0.1) is 10.1 Å². The number of nitrogens with zero attached hydrogens (tertiary/aromatic N) is 1. The van der Waals surface area contributed by atoms with Crippen LogP contribution in [0.4, 0.5) is 5.69 Å². The van der Waals surface area contributed by atoms with E-state index in [4.69, 9.17) is 0 Å². The minimum atomic E-state index is -0.401. The van der Waals surface area contributed by atoms with Gasteiger partial charge in [0.2, 0.25) is 0 Å². The first-order valence-corrected chi connectivity index (χ1v) is 7.01. The second-order valence-corrected chi connectivity index (χ2v) is 5.10. The Morgan fingerprint density at radius 1 is 1.45 bits per heavy atom. The summed E-state index contributed by atoms with van der Waals surface area (Å²) in [6.07, 6.45) is 6.39. The van der Waals surface area contributed by atoms with Crippen LogP contribution in [0.2, 0.25) is 0 Å². The topological polar surface area (TPSA) is 69.4 Å². The molecule has 1 aromatic rings. The van der Waals surface area contributed by atoms with E-state index >= 15 is 0 Å². The fraction of sp³-hybridized carbons (Fsp3) is 0.357. The summed E-state index contributed by atoms with van der Waals surface area (Å²) in [5.41, 5.74) is 0.649. The third-order valence-corrected chi connectivity index (χ3v) is 3.21. The number of ether oxygens (including phenoxy) is 1. The maximum atomic E-state index is 10.9. The van der Waals surface area contributed by atoms with E-state index < -0.39 is 4.92 Å². The van der Waals surface area contributed by atoms with Gasteiger partial charge in [-0.25, -0.2) is 0 Å². The average molecular weight is 342 g/mol. The number of hydrogen-bond acceptors (Lipinski definition) is 4. The predicted molar refractivity (Wildman–Crippen MR) is 80.3 cm³/mol. The monoisotopic (exact) mass is 341 g/mol. The summed E-state index contributed by atoms with van der Waals surface area (Å²) >= 11 is 3.22. The lowest BCUT2D eigenvalue weighted by molar-refractivity contribution is -0.385. The Bertz CT molecular complexity index is 514. The van der Waals surface area contributed by atoms with Crippen molar-refractivity contribution in [2.45, 2.75) is 25.7 Å². The van der Waals surface area contributed by atoms with Gasteiger partial charge in [-0.1, -0.05) is 28.1 Å². The van der Waals surface area contributed by atoms with E-state index in [2.05, 4.69) is 20.7 Å². The number of unbranched alkanes of at least 4 members (excludes halogenated alkanes) is 2. The maximum Gasteiger partial charge on any atom is 0.305 e. The number of carbonyl (C=O) groups excluding carboxylic acids is 1. The molecule has 20 heavy (non-hydrogen) atoms. The Kier molecular flexibility index (Phi) is 6.93. The smallest absolute Gasteiger partial charge is 0.305 e. The molecule has 1 rings (SSSR count). The van der Waals surface area contributed by atoms with Crippen LogP contribution >= 0.6 is 15.9 Å². The van der Waals surface area contributed by atoms with Gasteiger partial charge in [-0.3, -0.25) is 14.9 Å². The number of nitro groups is 1. The van der Waals surface area contributed by atoms with E-state index in [0.717, 1.165) is 19.3 Å². The lowest BCUT2D eigenvalue weighted by Gasteiger charge is -1.99. The summed E-state index contributed by atoms with van der Waals surface area (Å²) in [7, 11) is 1.37. The Morgan fingerprint density at radius 2 is 2.20 bits per heavy atom. The van der Waals surface area contributed by atoms with Gasteiger partial charge in [0.05, 0.1) is 17.6 Å². The molecule has 0 aromatic heterocycles. The van der Waals surface area contributed by atoms with Crippen LogP contribution in [-0.4, -0.2) is 18.0 Å². The molecule has 0 N–H and O–H groups in total. The standard InChI is InChI=1S/C14H16BrNO4/c1-20-14(17)7-5-3-2-4-6-11-8-9-12(15)10-13(11)16(18)19/h4,6,8-10H,2-3,5,7H2,1H3. The van der Waals surface area contributed by atoms with Crippen molar-refractivity contribution in [1.29, 1.82) is 0 Å². The largest absolute Gasteiger partial charge is 0.469 e. The first kappa shape index (κ1) is 16.4. The first-order valence-electron chi connectivity index (χ1n) is 6.22. The van der Waals surface area contributed by atoms with Crippen LogP contribution in [0.1, 0.15) is 31.2 Å². The number of rotatable bonds is 7. The van der Waals surface area contributed by atoms with Crippen molar-refractivity contribution >= 4 is 33.7 Å². The van der Waals surface area contributed by atoms with Crippen LogP contribution in [0.25, 0.3) is 6.08 Å². The van der Waals surface area contributed by atoms with Crippen LogP contribution in [0.15, 0.2) is 28.7 Å². The number of methoxy groups -OCH3 is 1. The van der Waals surface area contributed by atoms with Crippen molar-refractivity contribution in [3.05, 3.63) is 44.4 Å². The fourth-order valence-electron chi connectivity index (χ4n) is 1.66. The average Bonchev–Trinajstić information content (AvgIpc) is 2.43. The van der Waals surface area contributed by atoms with Gasteiger partial charge in [0.15, 0.2) is 0 Å². The van der Waals surface area contributed by atoms with Crippen LogP contribution in [0.5, 0.6) is 0 Å². The van der Waals surface area contributed by atoms with Gasteiger partial charge in [-0.2, -0.15) is 0 Å². The van der Waals surface area contributed by atoms with Gasteiger partial charge in [-0.05, 0) is 31.4 Å². The van der Waals surface area contributed by atoms with E-state index in [1.165, 1.54) is 13.2 Å². The summed E-state index contributed by atoms with van der Waals surface area (Å²) < 4.78 is 5.22. The zero-order valence-electron chi connectivity index (χ0n) is 11.2. The van der Waals surface area contributed by atoms with Gasteiger partial charge in [0.1, 0.15) is 0 Å². The van der Waals surface area contributed by atoms with Crippen LogP contribution in [-0.2, 0) is 9.53 Å². The molecule has 0 aliphatic carbocycles. The molecule has 0 heterocycles. The molecule has 0 unspecified atom stereocenters. The summed E-state index contributed by atoms with van der Waals surface area (Å²) in [6, 6.07) is 4.95. The molecule has 0 fully saturated rings. The molecule has 0 saturated heterocycles. The molecule has 0 bridgehead atoms. The van der Waals surface area contributed by atoms with Crippen LogP contribution < -0.4 is 0 Å². The lowest BCUT2D eigenvalue weighted by atomic mass is 10.1. The molecule has 0 spiro atoms. The van der Waals surface area contributed by atoms with Crippen LogP contribution in [0.3, 0.4) is 0 Å². The van der Waals surface area contributed by atoms with E-state index in [1.54, 1.807) is 18.2 Å². The van der Waals surface area contributed by atoms with E-state index in [0.29, 0.717) is 16.5 Å². The van der Waals surface area contributed by atoms with Gasteiger partial charge in [-0.15, -0.1) is 0 Å². The van der Waals surface area contributed by atoms with E-state index in [1.807, 2.05) is 6.08 Å². The Balaban J connectivity index is 2.50. The van der Waals surface area contributed by atoms with Gasteiger partial charge in [0.25, 0.3) is 5.69 Å². The number of benzene rings is 1. The minimum Gasteiger partial charge on any atom is -0.469 e. The van der Waals surface area contributed by atoms with E-state index in [9.17, 15) is 14.9 Å². The third kappa shape index (κ3) is 5.52. The second-order valence-electron chi connectivity index (χ2n) is 4.18. The lowest BCUT2D eigenvalue weighted by Crippen LogP contribution is -1.98. The van der Waals surface area contributed by atoms with Crippen molar-refractivity contribution in [2.24, 2.45) is 0 Å². The molecular weight excluding hydrogens is 326 g/mol. The highest BCUT2D eigenvalue weighted by molar-refractivity contribution is 9.10. The van der Waals surface area contributed by atoms with E-state index in [-0.39, 0.29) is 11.7 Å². The SMILES string of the molecule is COC(=O)CCCCC=Cc1ccc(Br)cc1[N+](=O)[O-]. The quantitative estimate of drug-likeness (QED) is 0.324. The number of hydrogen-bond donors (Lipinski definition) is 0. The molecule has 6 heteroatoms. The molecule has 0 amide bonds. The molecule has 1 aromatic carbocycles. The summed E-state index contributed by atoms with van der Waals surface area (Å²) in [5, 5.41) is 10.9. The highest BCUT2D eigenvalue weighted by Gasteiger charge is 2.11. The van der Waals surface area contributed by atoms with Gasteiger partial charge in [0, 0.05) is 17.0 Å². The van der Waals surface area contributed by atoms with Crippen molar-refractivity contribution < 1.29 is 14.5 Å². The maximum absolute atomic E-state index is 10.9. The molecule has 0 aliphatic rings. The zero-order valence-corrected chi connectivity index (χ0v) is 12.8. The number of nitro benzene ring substituents is 1. The van der Waals surface area contributed by atoms with Crippen molar-refractivity contribution in [1.82, 2.24) is 0 Å². The molecule has 108 valence electrons. The molecule has 0 radical (unpaired) electrons. The second kappa shape index (κ2) is 8.47. The Labute approximate surface area is 125 Å². The van der Waals surface area contributed by atoms with Gasteiger partial charge >= 0.3 is 5.97 Å². The molecule has 0 aliphatic heterocycles. The zero-order chi connectivity index (χ0) is 15.0. The molecule has 0 saturated carbocycles. The van der Waals surface area contributed by atoms with Crippen molar-refractivity contribution in [2.75, 3.05) is 7.11 Å². The normalized spacial score (nSPS) is 10.7. The first-order chi connectivity index (χ1) is 9.54. The highest BCUT2D eigenvalue weighted by Crippen LogP contribution is 2.24. The van der Waals surface area contributed by atoms with Crippen molar-refractivity contribution in [3.63, 3.8) is 0 Å². The van der Waals surface area contributed by atoms with Gasteiger partial charge < -0.3 is 4.74 Å². The van der Waals surface area contributed by atoms with Crippen molar-refractivity contribution in [3.8, 4) is 0 Å². The Morgan fingerprint density at radius 3 is 2.85 bits per heavy atom. The fourth-order valence-corrected chi connectivity index (χ4v) is 2.01. The number of allylic oxidation sites excluding steroid dienone is 1. The minimum absolute atomic E-state index is 0.0742. The molecule has 0 atom stereocenters. The molecular formula is C14H16BrNO4.